The van der Waals surface area contributed by atoms with Crippen LogP contribution in [-0.4, -0.2) is 20.4 Å². The lowest BCUT2D eigenvalue weighted by atomic mass is 10.2. The molecule has 6 nitrogen and oxygen atoms in total. The van der Waals surface area contributed by atoms with Crippen molar-refractivity contribution in [1.29, 1.82) is 0 Å². The fraction of sp³-hybridized carbons (Fsp3) is 0.143. The highest BCUT2D eigenvalue weighted by Crippen LogP contribution is 2.10. The highest BCUT2D eigenvalue weighted by molar-refractivity contribution is 7.80. The smallest absolute Gasteiger partial charge is 0.347 e. The van der Waals surface area contributed by atoms with Gasteiger partial charge in [0.1, 0.15) is 11.5 Å². The first-order valence-electron chi connectivity index (χ1n) is 6.18. The number of nitrogens with one attached hydrogen (secondary N) is 1. The highest BCUT2D eigenvalue weighted by atomic mass is 32.1. The first-order valence-corrected chi connectivity index (χ1v) is 6.59. The summed E-state index contributed by atoms with van der Waals surface area (Å²) in [6, 6.07) is 6.89. The average Bonchev–Trinajstić information content (AvgIpc) is 2.43. The van der Waals surface area contributed by atoms with Crippen molar-refractivity contribution in [3.63, 3.8) is 0 Å². The van der Waals surface area contributed by atoms with E-state index in [9.17, 15) is 9.59 Å². The summed E-state index contributed by atoms with van der Waals surface area (Å²) in [6.45, 7) is 1.69. The number of aromatic nitrogens is 2. The summed E-state index contributed by atoms with van der Waals surface area (Å²) in [4.78, 5) is 27.4. The normalized spacial score (nSPS) is 10.1. The van der Waals surface area contributed by atoms with Crippen LogP contribution < -0.4 is 16.7 Å². The van der Waals surface area contributed by atoms with E-state index in [1.54, 1.807) is 37.4 Å². The molecule has 0 saturated carbocycles. The Bertz CT molecular complexity index is 755. The van der Waals surface area contributed by atoms with Gasteiger partial charge in [-0.15, -0.1) is 0 Å². The number of hydrogen-bond acceptors (Lipinski definition) is 4. The first-order chi connectivity index (χ1) is 9.95. The lowest BCUT2D eigenvalue weighted by Crippen LogP contribution is -2.29. The van der Waals surface area contributed by atoms with Gasteiger partial charge in [0.05, 0.1) is 0 Å². The quantitative estimate of drug-likeness (QED) is 0.816. The maximum Gasteiger partial charge on any atom is 0.347 e. The van der Waals surface area contributed by atoms with Crippen LogP contribution in [0.5, 0.6) is 0 Å². The maximum absolute atomic E-state index is 12.0. The third-order valence-corrected chi connectivity index (χ3v) is 2.96. The largest absolute Gasteiger partial charge is 0.389 e. The minimum Gasteiger partial charge on any atom is -0.389 e. The van der Waals surface area contributed by atoms with Crippen molar-refractivity contribution in [1.82, 2.24) is 9.55 Å². The van der Waals surface area contributed by atoms with Crippen LogP contribution in [-0.2, 0) is 11.3 Å². The number of benzene rings is 1. The van der Waals surface area contributed by atoms with Crippen molar-refractivity contribution in [2.24, 2.45) is 5.73 Å². The zero-order valence-corrected chi connectivity index (χ0v) is 12.2. The van der Waals surface area contributed by atoms with Gasteiger partial charge < -0.3 is 11.1 Å². The summed E-state index contributed by atoms with van der Waals surface area (Å²) >= 11 is 4.88. The lowest BCUT2D eigenvalue weighted by molar-refractivity contribution is -0.116. The molecule has 2 rings (SSSR count). The topological polar surface area (TPSA) is 90.0 Å². The van der Waals surface area contributed by atoms with Crippen LogP contribution in [0.3, 0.4) is 0 Å². The zero-order chi connectivity index (χ0) is 15.4. The first kappa shape index (κ1) is 14.9. The van der Waals surface area contributed by atoms with Gasteiger partial charge in [0.15, 0.2) is 0 Å². The SMILES string of the molecule is Cc1cnc(=O)n(CC(=O)Nc2cccc(C(N)=S)c2)c1. The van der Waals surface area contributed by atoms with Crippen molar-refractivity contribution in [3.8, 4) is 0 Å². The Labute approximate surface area is 126 Å². The van der Waals surface area contributed by atoms with Crippen LogP contribution >= 0.6 is 12.2 Å². The van der Waals surface area contributed by atoms with Gasteiger partial charge in [-0.3, -0.25) is 9.36 Å². The van der Waals surface area contributed by atoms with Crippen LogP contribution in [0.2, 0.25) is 0 Å². The molecule has 1 amide bonds. The van der Waals surface area contributed by atoms with E-state index in [1.807, 2.05) is 0 Å². The summed E-state index contributed by atoms with van der Waals surface area (Å²) in [5.41, 5.74) is 7.11. The number of aryl methyl sites for hydroxylation is 1. The number of carbonyl (C=O) groups excluding carboxylic acids is 1. The molecule has 0 fully saturated rings. The van der Waals surface area contributed by atoms with Crippen LogP contribution in [0, 0.1) is 6.92 Å². The number of hydrogen-bond donors (Lipinski definition) is 2. The van der Waals surface area contributed by atoms with E-state index in [0.29, 0.717) is 11.3 Å². The second-order valence-electron chi connectivity index (χ2n) is 4.54. The Morgan fingerprint density at radius 3 is 2.95 bits per heavy atom. The standard InChI is InChI=1S/C14H14N4O2S/c1-9-6-16-14(20)18(7-9)8-12(19)17-11-4-2-3-10(5-11)13(15)21/h2-7H,8H2,1H3,(H2,15,21)(H,17,19). The van der Waals surface area contributed by atoms with Crippen molar-refractivity contribution in [2.75, 3.05) is 5.32 Å². The van der Waals surface area contributed by atoms with E-state index in [1.165, 1.54) is 10.8 Å². The number of anilines is 1. The minimum atomic E-state index is -0.465. The molecule has 0 aliphatic carbocycles. The second kappa shape index (κ2) is 6.27. The third kappa shape index (κ3) is 3.96. The Morgan fingerprint density at radius 2 is 2.24 bits per heavy atom. The summed E-state index contributed by atoms with van der Waals surface area (Å²) in [5.74, 6) is -0.329. The second-order valence-corrected chi connectivity index (χ2v) is 4.97. The van der Waals surface area contributed by atoms with Gasteiger partial charge in [-0.25, -0.2) is 9.78 Å². The Hall–Kier alpha value is -2.54. The Balaban J connectivity index is 2.11. The Kier molecular flexibility index (Phi) is 4.44. The molecule has 2 aromatic rings. The summed E-state index contributed by atoms with van der Waals surface area (Å²) < 4.78 is 1.25. The van der Waals surface area contributed by atoms with Crippen molar-refractivity contribution in [2.45, 2.75) is 13.5 Å². The molecule has 1 aromatic heterocycles. The van der Waals surface area contributed by atoms with Crippen LogP contribution in [0.25, 0.3) is 0 Å². The molecule has 7 heteroatoms. The van der Waals surface area contributed by atoms with Gasteiger partial charge in [0, 0.05) is 23.6 Å². The molecule has 21 heavy (non-hydrogen) atoms. The molecule has 0 spiro atoms. The predicted octanol–water partition coefficient (Wildman–Crippen LogP) is 0.825. The predicted molar refractivity (Wildman–Crippen MR) is 84.2 cm³/mol. The molecule has 0 unspecified atom stereocenters. The van der Waals surface area contributed by atoms with Gasteiger partial charge in [0.25, 0.3) is 0 Å². The summed E-state index contributed by atoms with van der Waals surface area (Å²) in [5, 5.41) is 2.69. The molecule has 108 valence electrons. The summed E-state index contributed by atoms with van der Waals surface area (Å²) in [7, 11) is 0. The average molecular weight is 302 g/mol. The highest BCUT2D eigenvalue weighted by Gasteiger charge is 2.07. The van der Waals surface area contributed by atoms with Gasteiger partial charge >= 0.3 is 5.69 Å². The molecule has 1 heterocycles. The van der Waals surface area contributed by atoms with Crippen LogP contribution in [0.4, 0.5) is 5.69 Å². The number of nitrogens with zero attached hydrogens (tertiary/aromatic N) is 2. The van der Waals surface area contributed by atoms with Gasteiger partial charge in [-0.1, -0.05) is 24.4 Å². The molecule has 0 aliphatic rings. The van der Waals surface area contributed by atoms with E-state index in [0.717, 1.165) is 5.56 Å². The van der Waals surface area contributed by atoms with Gasteiger partial charge in [-0.05, 0) is 24.6 Å². The van der Waals surface area contributed by atoms with Crippen molar-refractivity contribution < 1.29 is 4.79 Å². The number of amides is 1. The molecule has 1 aromatic carbocycles. The Morgan fingerprint density at radius 1 is 1.48 bits per heavy atom. The summed E-state index contributed by atoms with van der Waals surface area (Å²) in [6.07, 6.45) is 3.04. The number of rotatable bonds is 4. The number of nitrogens with two attached hydrogens (primary N) is 1. The third-order valence-electron chi connectivity index (χ3n) is 2.73. The fourth-order valence-electron chi connectivity index (χ4n) is 1.78. The van der Waals surface area contributed by atoms with Crippen LogP contribution in [0.1, 0.15) is 11.1 Å². The molecule has 3 N–H and O–H groups in total. The molecule has 0 bridgehead atoms. The van der Waals surface area contributed by atoms with Crippen molar-refractivity contribution in [3.05, 3.63) is 58.3 Å². The zero-order valence-electron chi connectivity index (χ0n) is 11.4. The molecule has 0 atom stereocenters. The maximum atomic E-state index is 12.0. The minimum absolute atomic E-state index is 0.106. The fourth-order valence-corrected chi connectivity index (χ4v) is 1.91. The van der Waals surface area contributed by atoms with E-state index >= 15 is 0 Å². The van der Waals surface area contributed by atoms with Crippen LogP contribution in [0.15, 0.2) is 41.5 Å². The molecule has 0 radical (unpaired) electrons. The van der Waals surface area contributed by atoms with Crippen molar-refractivity contribution >= 4 is 28.8 Å². The molecule has 0 aliphatic heterocycles. The van der Waals surface area contributed by atoms with E-state index < -0.39 is 5.69 Å². The number of thiocarbonyl (C=S) groups is 1. The lowest BCUT2D eigenvalue weighted by Gasteiger charge is -2.08. The number of carbonyl (C=O) groups is 1. The van der Waals surface area contributed by atoms with E-state index in [2.05, 4.69) is 10.3 Å². The van der Waals surface area contributed by atoms with E-state index in [-0.39, 0.29) is 17.4 Å². The molecule has 0 saturated heterocycles. The van der Waals surface area contributed by atoms with E-state index in [4.69, 9.17) is 18.0 Å². The van der Waals surface area contributed by atoms with Gasteiger partial charge in [0.2, 0.25) is 5.91 Å². The monoisotopic (exact) mass is 302 g/mol. The van der Waals surface area contributed by atoms with Gasteiger partial charge in [-0.2, -0.15) is 0 Å². The molecular weight excluding hydrogens is 288 g/mol. The molecular formula is C14H14N4O2S.